The summed E-state index contributed by atoms with van der Waals surface area (Å²) >= 11 is 3.72. The van der Waals surface area contributed by atoms with E-state index < -0.39 is 0 Å². The van der Waals surface area contributed by atoms with Crippen LogP contribution in [0, 0.1) is 13.8 Å². The Kier molecular flexibility index (Phi) is 13.4. The predicted octanol–water partition coefficient (Wildman–Crippen LogP) is 26.9. The highest BCUT2D eigenvalue weighted by molar-refractivity contribution is 7.26. The van der Waals surface area contributed by atoms with Gasteiger partial charge in [0.15, 0.2) is 0 Å². The standard InChI is InChI=1S/C90H60N2S2/c1-57-51-61(39-47-83(57)91(85-31-15-11-23-71(85)65-41-49-89-81(55-65)77-29-13-17-33-87(77)93-89)67-43-35-59(36-44-67)79-53-63-19-3-5-21-69(63)73-25-7-9-27-75(73)79)62-40-48-84(58(2)52-62)92(86-32-16-12-24-72(86)66-42-50-90-82(56-66)78-30-14-18-34-88(78)94-90)68-45-37-60(38-46-68)80-54-64-20-4-6-22-70(64)74-26-8-10-28-76(74)80/h3-56H,1-2H3. The molecule has 0 bridgehead atoms. The first-order chi connectivity index (χ1) is 46.4. The Labute approximate surface area is 554 Å². The number of hydrogen-bond donors (Lipinski definition) is 0. The fraction of sp³-hybridized carbons (Fsp3) is 0.0222. The Bertz CT molecular complexity index is 5660. The van der Waals surface area contributed by atoms with Gasteiger partial charge in [0, 0.05) is 74.2 Å². The van der Waals surface area contributed by atoms with Gasteiger partial charge < -0.3 is 9.80 Å². The van der Waals surface area contributed by atoms with Crippen LogP contribution in [0.25, 0.3) is 139 Å². The molecule has 0 atom stereocenters. The molecule has 18 aromatic rings. The van der Waals surface area contributed by atoms with Gasteiger partial charge in [-0.1, -0.05) is 218 Å². The van der Waals surface area contributed by atoms with E-state index in [9.17, 15) is 0 Å². The zero-order valence-corrected chi connectivity index (χ0v) is 53.5. The van der Waals surface area contributed by atoms with Gasteiger partial charge in [-0.2, -0.15) is 0 Å². The number of rotatable bonds is 11. The molecule has 0 saturated carbocycles. The molecule has 0 unspecified atom stereocenters. The summed E-state index contributed by atoms with van der Waals surface area (Å²) in [6.45, 7) is 4.54. The molecule has 0 aliphatic heterocycles. The number of fused-ring (bicyclic) bond motifs is 12. The summed E-state index contributed by atoms with van der Waals surface area (Å²) < 4.78 is 5.20. The highest BCUT2D eigenvalue weighted by atomic mass is 32.1. The molecule has 16 aromatic carbocycles. The van der Waals surface area contributed by atoms with Crippen LogP contribution in [-0.4, -0.2) is 0 Å². The Morgan fingerprint density at radius 3 is 0.957 bits per heavy atom. The van der Waals surface area contributed by atoms with Crippen LogP contribution < -0.4 is 9.80 Å². The van der Waals surface area contributed by atoms with E-state index in [4.69, 9.17) is 0 Å². The van der Waals surface area contributed by atoms with Crippen LogP contribution in [-0.2, 0) is 0 Å². The van der Waals surface area contributed by atoms with Crippen molar-refractivity contribution in [1.82, 2.24) is 0 Å². The molecular weight excluding hydrogens is 1170 g/mol. The lowest BCUT2D eigenvalue weighted by molar-refractivity contribution is 1.24. The molecule has 0 N–H and O–H groups in total. The normalized spacial score (nSPS) is 11.7. The lowest BCUT2D eigenvalue weighted by Crippen LogP contribution is -2.13. The van der Waals surface area contributed by atoms with Crippen LogP contribution in [0.2, 0.25) is 0 Å². The van der Waals surface area contributed by atoms with Crippen molar-refractivity contribution in [3.05, 3.63) is 339 Å². The van der Waals surface area contributed by atoms with E-state index in [1.165, 1.54) is 139 Å². The average Bonchev–Trinajstić information content (AvgIpc) is 1.11. The Morgan fingerprint density at radius 2 is 0.532 bits per heavy atom. The minimum Gasteiger partial charge on any atom is -0.310 e. The van der Waals surface area contributed by atoms with E-state index in [1.54, 1.807) is 0 Å². The van der Waals surface area contributed by atoms with Gasteiger partial charge in [-0.3, -0.25) is 0 Å². The van der Waals surface area contributed by atoms with Crippen molar-refractivity contribution in [2.75, 3.05) is 9.80 Å². The third-order valence-electron chi connectivity index (χ3n) is 19.3. The first kappa shape index (κ1) is 55.4. The lowest BCUT2D eigenvalue weighted by atomic mass is 9.93. The number of anilines is 6. The number of thiophene rings is 2. The van der Waals surface area contributed by atoms with Crippen molar-refractivity contribution in [1.29, 1.82) is 0 Å². The fourth-order valence-corrected chi connectivity index (χ4v) is 16.9. The molecule has 0 fully saturated rings. The second-order valence-electron chi connectivity index (χ2n) is 24.8. The zero-order chi connectivity index (χ0) is 62.4. The van der Waals surface area contributed by atoms with Crippen molar-refractivity contribution in [2.45, 2.75) is 13.8 Å². The highest BCUT2D eigenvalue weighted by Crippen LogP contribution is 2.49. The van der Waals surface area contributed by atoms with E-state index in [-0.39, 0.29) is 0 Å². The van der Waals surface area contributed by atoms with Gasteiger partial charge >= 0.3 is 0 Å². The molecule has 0 radical (unpaired) electrons. The van der Waals surface area contributed by atoms with E-state index in [2.05, 4.69) is 351 Å². The molecule has 0 amide bonds. The highest BCUT2D eigenvalue weighted by Gasteiger charge is 2.24. The van der Waals surface area contributed by atoms with Gasteiger partial charge in [-0.05, 0) is 222 Å². The van der Waals surface area contributed by atoms with Gasteiger partial charge in [-0.25, -0.2) is 0 Å². The Balaban J connectivity index is 0.753. The van der Waals surface area contributed by atoms with E-state index in [0.29, 0.717) is 0 Å². The van der Waals surface area contributed by atoms with E-state index in [1.807, 2.05) is 22.7 Å². The first-order valence-corrected chi connectivity index (χ1v) is 33.9. The van der Waals surface area contributed by atoms with Crippen molar-refractivity contribution in [3.63, 3.8) is 0 Å². The summed E-state index contributed by atoms with van der Waals surface area (Å²) in [6.07, 6.45) is 0. The predicted molar refractivity (Wildman–Crippen MR) is 408 cm³/mol. The number of aryl methyl sites for hydroxylation is 2. The number of para-hydroxylation sites is 2. The third-order valence-corrected chi connectivity index (χ3v) is 21.6. The second kappa shape index (κ2) is 22.8. The Hall–Kier alpha value is -11.4. The molecule has 18 rings (SSSR count). The lowest BCUT2D eigenvalue weighted by Gasteiger charge is -2.30. The Morgan fingerprint density at radius 1 is 0.202 bits per heavy atom. The maximum atomic E-state index is 2.47. The summed E-state index contributed by atoms with van der Waals surface area (Å²) in [5.41, 5.74) is 20.8. The summed E-state index contributed by atoms with van der Waals surface area (Å²) in [5, 5.41) is 15.2. The zero-order valence-electron chi connectivity index (χ0n) is 51.9. The van der Waals surface area contributed by atoms with Crippen LogP contribution in [0.15, 0.2) is 328 Å². The summed E-state index contributed by atoms with van der Waals surface area (Å²) in [4.78, 5) is 4.95. The number of benzene rings is 16. The van der Waals surface area contributed by atoms with Crippen LogP contribution in [0.5, 0.6) is 0 Å². The molecule has 0 spiro atoms. The maximum Gasteiger partial charge on any atom is 0.0540 e. The third kappa shape index (κ3) is 9.44. The van der Waals surface area contributed by atoms with Crippen LogP contribution >= 0.6 is 22.7 Å². The topological polar surface area (TPSA) is 6.48 Å². The van der Waals surface area contributed by atoms with Gasteiger partial charge in [0.2, 0.25) is 0 Å². The molecule has 0 aliphatic rings. The molecule has 4 heteroatoms. The van der Waals surface area contributed by atoms with Gasteiger partial charge in [0.05, 0.1) is 11.4 Å². The average molecular weight is 1230 g/mol. The number of hydrogen-bond acceptors (Lipinski definition) is 4. The molecular formula is C90H60N2S2. The fourth-order valence-electron chi connectivity index (χ4n) is 14.8. The molecule has 2 heterocycles. The van der Waals surface area contributed by atoms with Crippen LogP contribution in [0.3, 0.4) is 0 Å². The smallest absolute Gasteiger partial charge is 0.0540 e. The van der Waals surface area contributed by atoms with Gasteiger partial charge in [-0.15, -0.1) is 22.7 Å². The SMILES string of the molecule is Cc1cc(-c2ccc(N(c3ccc(-c4cc5ccccc5c5ccccc45)cc3)c3ccccc3-c3ccc4sc5ccccc5c4c3)c(C)c2)ccc1N(c1ccc(-c2cc3ccccc3c3ccccc23)cc1)c1ccccc1-c1ccc2sc3ccccc3c2c1. The summed E-state index contributed by atoms with van der Waals surface area (Å²) in [7, 11) is 0. The maximum absolute atomic E-state index is 2.47. The molecule has 442 valence electrons. The largest absolute Gasteiger partial charge is 0.310 e. The van der Waals surface area contributed by atoms with Crippen LogP contribution in [0.4, 0.5) is 34.1 Å². The molecule has 94 heavy (non-hydrogen) atoms. The number of nitrogens with zero attached hydrogens (tertiary/aromatic N) is 2. The minimum absolute atomic E-state index is 1.09. The van der Waals surface area contributed by atoms with Crippen molar-refractivity contribution in [2.24, 2.45) is 0 Å². The molecule has 0 saturated heterocycles. The summed E-state index contributed by atoms with van der Waals surface area (Å²) in [6, 6.07) is 122. The molecule has 2 aromatic heterocycles. The monoisotopic (exact) mass is 1230 g/mol. The molecule has 2 nitrogen and oxygen atoms in total. The first-order valence-electron chi connectivity index (χ1n) is 32.3. The summed E-state index contributed by atoms with van der Waals surface area (Å²) in [5.74, 6) is 0. The quantitative estimate of drug-likeness (QED) is 0.119. The minimum atomic E-state index is 1.09. The van der Waals surface area contributed by atoms with E-state index in [0.717, 1.165) is 45.3 Å². The van der Waals surface area contributed by atoms with Crippen LogP contribution in [0.1, 0.15) is 11.1 Å². The molecule has 0 aliphatic carbocycles. The van der Waals surface area contributed by atoms with Crippen molar-refractivity contribution < 1.29 is 0 Å². The second-order valence-corrected chi connectivity index (χ2v) is 27.0. The van der Waals surface area contributed by atoms with E-state index >= 15 is 0 Å². The van der Waals surface area contributed by atoms with Gasteiger partial charge in [0.1, 0.15) is 0 Å². The van der Waals surface area contributed by atoms with Crippen molar-refractivity contribution in [3.8, 4) is 55.6 Å². The van der Waals surface area contributed by atoms with Gasteiger partial charge in [0.25, 0.3) is 0 Å². The van der Waals surface area contributed by atoms with Crippen molar-refractivity contribution >= 4 is 140 Å².